The summed E-state index contributed by atoms with van der Waals surface area (Å²) in [6.45, 7) is 28.1. The minimum absolute atomic E-state index is 0.0750. The first-order chi connectivity index (χ1) is 43.8. The lowest BCUT2D eigenvalue weighted by Gasteiger charge is -2.60. The van der Waals surface area contributed by atoms with E-state index < -0.39 is 23.9 Å². The zero-order valence-corrected chi connectivity index (χ0v) is 55.5. The molecule has 91 heavy (non-hydrogen) atoms. The zero-order chi connectivity index (χ0) is 65.5. The number of rotatable bonds is 19. The van der Waals surface area contributed by atoms with Gasteiger partial charge in [-0.05, 0) is 117 Å². The second kappa shape index (κ2) is 27.5. The van der Waals surface area contributed by atoms with Gasteiger partial charge in [0.2, 0.25) is 13.6 Å². The number of likely N-dealkylation sites (N-methyl/N-ethyl adjacent to an activating group) is 2. The van der Waals surface area contributed by atoms with Gasteiger partial charge in [-0.15, -0.1) is 6.58 Å². The van der Waals surface area contributed by atoms with Crippen molar-refractivity contribution >= 4 is 0 Å². The fourth-order valence-electron chi connectivity index (χ4n) is 15.5. The first-order valence-corrected chi connectivity index (χ1v) is 31.0. The highest BCUT2D eigenvalue weighted by Crippen LogP contribution is 2.61. The topological polar surface area (TPSA) is 210 Å². The van der Waals surface area contributed by atoms with Crippen molar-refractivity contribution in [2.24, 2.45) is 0 Å². The van der Waals surface area contributed by atoms with Crippen LogP contribution >= 0.6 is 0 Å². The monoisotopic (exact) mass is 1250 g/mol. The molecule has 2 fully saturated rings. The molecule has 8 aliphatic heterocycles. The van der Waals surface area contributed by atoms with Crippen LogP contribution in [-0.4, -0.2) is 170 Å². The number of nitrogens with zero attached hydrogens (tertiary/aromatic N) is 6. The van der Waals surface area contributed by atoms with Crippen LogP contribution < -0.4 is 47.4 Å². The summed E-state index contributed by atoms with van der Waals surface area (Å²) in [5.74, 6) is 5.90. The predicted octanol–water partition coefficient (Wildman–Crippen LogP) is 9.69. The van der Waals surface area contributed by atoms with Crippen molar-refractivity contribution in [3.8, 4) is 69.6 Å². The lowest BCUT2D eigenvalue weighted by atomic mass is 9.71. The Morgan fingerprint density at radius 1 is 0.604 bits per heavy atom. The zero-order valence-electron chi connectivity index (χ0n) is 55.5. The number of nitriles is 2. The number of benzene rings is 4. The smallest absolute Gasteiger partial charge is 0.231 e. The normalized spacial score (nSPS) is 24.5. The van der Waals surface area contributed by atoms with Crippen molar-refractivity contribution in [2.75, 3.05) is 103 Å². The number of ether oxygens (including phenoxy) is 14. The third-order valence-electron chi connectivity index (χ3n) is 19.1. The summed E-state index contributed by atoms with van der Waals surface area (Å²) in [4.78, 5) is 9.18. The van der Waals surface area contributed by atoms with E-state index in [2.05, 4.69) is 77.7 Å². The van der Waals surface area contributed by atoms with Crippen LogP contribution in [0.1, 0.15) is 119 Å². The van der Waals surface area contributed by atoms with E-state index in [1.54, 1.807) is 47.7 Å². The molecular formula is C70H90N6O15. The van der Waals surface area contributed by atoms with Crippen molar-refractivity contribution < 1.29 is 71.4 Å². The molecule has 0 radical (unpaired) electrons. The minimum atomic E-state index is -0.857. The lowest BCUT2D eigenvalue weighted by molar-refractivity contribution is -0.212. The van der Waals surface area contributed by atoms with Crippen molar-refractivity contribution in [3.63, 3.8) is 0 Å². The molecule has 4 aromatic rings. The molecule has 10 atom stereocenters. The molecule has 0 aliphatic carbocycles. The second-order valence-electron chi connectivity index (χ2n) is 25.1. The van der Waals surface area contributed by atoms with Gasteiger partial charge in [0.15, 0.2) is 65.4 Å². The fourth-order valence-corrected chi connectivity index (χ4v) is 15.5. The Bertz CT molecular complexity index is 3520. The Morgan fingerprint density at radius 2 is 1.01 bits per heavy atom. The highest BCUT2D eigenvalue weighted by atomic mass is 16.7. The van der Waals surface area contributed by atoms with Crippen LogP contribution in [0.2, 0.25) is 0 Å². The minimum Gasteiger partial charge on any atom is -0.493 e. The SMILES string of the molecule is C=C(C)C.C=CCOc1c(C)c2c(c3c1C[C@H]1[C@H]4c5c(cc(C)c(OC)c5OCOC)C[C@@H]([C@H](C#N)N1[C@H]3CO)N4C)OCO2.C=CCOc1c(C)c2c(c3c1C[C@H]1[C@H]4c5c(cc(C)c(OC)c5OCOC)C[C@@H]([C@H](C#N)N1[C@H]3COC(C)(C)OC)N4C)OCO2. The van der Waals surface area contributed by atoms with E-state index in [-0.39, 0.29) is 82.7 Å². The molecular weight excluding hydrogens is 1160 g/mol. The Kier molecular flexibility index (Phi) is 20.1. The van der Waals surface area contributed by atoms with Crippen molar-refractivity contribution in [1.29, 1.82) is 10.5 Å². The van der Waals surface area contributed by atoms with Gasteiger partial charge in [-0.1, -0.05) is 43.0 Å². The summed E-state index contributed by atoms with van der Waals surface area (Å²) < 4.78 is 84.0. The van der Waals surface area contributed by atoms with Crippen molar-refractivity contribution in [3.05, 3.63) is 116 Å². The van der Waals surface area contributed by atoms with Gasteiger partial charge in [0, 0.05) is 90.0 Å². The molecule has 21 heteroatoms. The van der Waals surface area contributed by atoms with E-state index in [0.717, 1.165) is 72.5 Å². The summed E-state index contributed by atoms with van der Waals surface area (Å²) in [6, 6.07) is 7.03. The van der Waals surface area contributed by atoms with E-state index in [0.29, 0.717) is 90.6 Å². The maximum absolute atomic E-state index is 11.0. The third kappa shape index (κ3) is 11.6. The van der Waals surface area contributed by atoms with Crippen molar-refractivity contribution in [2.45, 2.75) is 147 Å². The molecule has 4 aromatic carbocycles. The molecule has 0 amide bonds. The number of piperazine rings is 2. The average Bonchev–Trinajstić information content (AvgIpc) is 1.31. The maximum Gasteiger partial charge on any atom is 0.231 e. The van der Waals surface area contributed by atoms with Gasteiger partial charge in [-0.25, -0.2) is 0 Å². The number of methoxy groups -OCH3 is 5. The van der Waals surface area contributed by atoms with Crippen LogP contribution in [0.15, 0.2) is 49.6 Å². The second-order valence-corrected chi connectivity index (χ2v) is 25.1. The van der Waals surface area contributed by atoms with E-state index in [1.165, 1.54) is 5.57 Å². The first-order valence-electron chi connectivity index (χ1n) is 31.0. The van der Waals surface area contributed by atoms with Gasteiger partial charge in [0.05, 0.1) is 63.7 Å². The number of aliphatic hydroxyl groups is 1. The largest absolute Gasteiger partial charge is 0.493 e. The maximum atomic E-state index is 11.0. The van der Waals surface area contributed by atoms with Gasteiger partial charge in [-0.2, -0.15) is 10.5 Å². The van der Waals surface area contributed by atoms with Crippen LogP contribution in [0, 0.1) is 50.4 Å². The Hall–Kier alpha value is -7.28. The summed E-state index contributed by atoms with van der Waals surface area (Å²) in [6.07, 6.45) is 5.93. The summed E-state index contributed by atoms with van der Waals surface area (Å²) in [5.41, 5.74) is 13.0. The predicted molar refractivity (Wildman–Crippen MR) is 340 cm³/mol. The molecule has 490 valence electrons. The van der Waals surface area contributed by atoms with E-state index in [9.17, 15) is 15.6 Å². The van der Waals surface area contributed by atoms with E-state index >= 15 is 0 Å². The van der Waals surface area contributed by atoms with Crippen LogP contribution in [0.25, 0.3) is 0 Å². The molecule has 4 bridgehead atoms. The number of hydrogen-bond acceptors (Lipinski definition) is 21. The molecule has 0 unspecified atom stereocenters. The lowest BCUT2D eigenvalue weighted by Crippen LogP contribution is -2.68. The standard InChI is InChI=1S/C35H45N3O8.C31H37N3O7.C4H8/c1-10-11-42-31-20(3)32-34(45-18-44-32)28-22(31)14-24-29-27-21(12-19(2)30(40-8)33(27)43-17-39-7)13-23(37(29)6)25(15-36)38(24)26(28)16-46-35(4,5)41-9;1-7-8-38-28-17(3)29-31(41-15-40-29)25-19(28)11-21-26-24-18(9-16(2)27(37-6)30(24)39-14-36-5)10-20(33(26)4)22(12-32)34(21)23(25)13-35;1-4(2)3/h10,12,23-26,29H,1,11,13-14,16-18H2,2-9H3;7,9,20-23,26,35H,1,8,10-11,13-15H2,2-6H3;1H2,2-3H3/t23-,24-,25-,26-,29-;20-,21-,22-,23-,26-;/m00./s1. The summed E-state index contributed by atoms with van der Waals surface area (Å²) >= 11 is 0. The molecule has 2 saturated heterocycles. The van der Waals surface area contributed by atoms with Gasteiger partial charge in [0.1, 0.15) is 36.8 Å². The quantitative estimate of drug-likeness (QED) is 0.0684. The molecule has 0 aromatic heterocycles. The molecule has 12 rings (SSSR count). The number of allylic oxidation sites excluding steroid dienone is 1. The molecule has 0 saturated carbocycles. The van der Waals surface area contributed by atoms with Gasteiger partial charge < -0.3 is 71.4 Å². The molecule has 8 heterocycles. The van der Waals surface area contributed by atoms with Crippen LogP contribution in [0.4, 0.5) is 0 Å². The molecule has 1 N–H and O–H groups in total. The number of fused-ring (bicyclic) bond motifs is 18. The van der Waals surface area contributed by atoms with Crippen LogP contribution in [-0.2, 0) is 44.6 Å². The Morgan fingerprint density at radius 3 is 1.38 bits per heavy atom. The fraction of sp³-hybridized carbons (Fsp3) is 0.543. The molecule has 8 aliphatic rings. The van der Waals surface area contributed by atoms with E-state index in [1.807, 2.05) is 55.4 Å². The number of aryl methyl sites for hydroxylation is 2. The highest BCUT2D eigenvalue weighted by Gasteiger charge is 2.59. The first kappa shape index (κ1) is 66.6. The average molecular weight is 1260 g/mol. The van der Waals surface area contributed by atoms with Crippen molar-refractivity contribution in [1.82, 2.24) is 19.6 Å². The molecule has 21 nitrogen and oxygen atoms in total. The van der Waals surface area contributed by atoms with Crippen LogP contribution in [0.3, 0.4) is 0 Å². The summed E-state index contributed by atoms with van der Waals surface area (Å²) in [7, 11) is 12.3. The molecule has 0 spiro atoms. The number of hydrogen-bond donors (Lipinski definition) is 1. The Labute approximate surface area is 535 Å². The highest BCUT2D eigenvalue weighted by molar-refractivity contribution is 5.69. The van der Waals surface area contributed by atoms with Gasteiger partial charge in [0.25, 0.3) is 0 Å². The van der Waals surface area contributed by atoms with Crippen LogP contribution in [0.5, 0.6) is 57.5 Å². The van der Waals surface area contributed by atoms with Gasteiger partial charge in [-0.3, -0.25) is 19.6 Å². The summed E-state index contributed by atoms with van der Waals surface area (Å²) in [5, 5.41) is 32.6. The van der Waals surface area contributed by atoms with Gasteiger partial charge >= 0.3 is 0 Å². The third-order valence-corrected chi connectivity index (χ3v) is 19.1. The Balaban J connectivity index is 0.000000190. The van der Waals surface area contributed by atoms with E-state index in [4.69, 9.17) is 66.3 Å². The number of aliphatic hydroxyl groups excluding tert-OH is 1.